The molecule has 0 bridgehead atoms. The molecule has 0 saturated carbocycles. The van der Waals surface area contributed by atoms with Crippen LogP contribution in [0.4, 0.5) is 8.78 Å². The molecule has 0 fully saturated rings. The number of hydrogen-bond acceptors (Lipinski definition) is 3. The Bertz CT molecular complexity index is 578. The average molecular weight is 293 g/mol. The number of nitrogens with zero attached hydrogens (tertiary/aromatic N) is 1. The van der Waals surface area contributed by atoms with Crippen LogP contribution in [0, 0.1) is 0 Å². The number of hydrogen-bond donors (Lipinski definition) is 0. The van der Waals surface area contributed by atoms with E-state index in [0.29, 0.717) is 11.2 Å². The van der Waals surface area contributed by atoms with Gasteiger partial charge in [-0.15, -0.1) is 6.58 Å². The summed E-state index contributed by atoms with van der Waals surface area (Å²) in [6.45, 7) is 3.30. The van der Waals surface area contributed by atoms with Gasteiger partial charge in [-0.3, -0.25) is 14.5 Å². The normalized spacial score (nSPS) is 15.8. The quantitative estimate of drug-likeness (QED) is 0.460. The highest BCUT2D eigenvalue weighted by molar-refractivity contribution is 6.21. The van der Waals surface area contributed by atoms with E-state index in [4.69, 9.17) is 0 Å². The lowest BCUT2D eigenvalue weighted by Gasteiger charge is -2.30. The first kappa shape index (κ1) is 15.0. The van der Waals surface area contributed by atoms with Crippen molar-refractivity contribution >= 4 is 18.1 Å². The minimum Gasteiger partial charge on any atom is -0.303 e. The van der Waals surface area contributed by atoms with E-state index in [1.165, 1.54) is 12.1 Å². The van der Waals surface area contributed by atoms with E-state index < -0.39 is 30.2 Å². The molecule has 1 atom stereocenters. The number of rotatable bonds is 6. The van der Waals surface area contributed by atoms with Crippen LogP contribution >= 0.6 is 0 Å². The highest BCUT2D eigenvalue weighted by Crippen LogP contribution is 2.34. The summed E-state index contributed by atoms with van der Waals surface area (Å²) in [4.78, 5) is 35.2. The van der Waals surface area contributed by atoms with Crippen LogP contribution in [0.25, 0.3) is 0 Å². The molecule has 2 amide bonds. The smallest absolute Gasteiger partial charge is 0.272 e. The molecule has 4 nitrogen and oxygen atoms in total. The van der Waals surface area contributed by atoms with E-state index in [0.717, 1.165) is 6.08 Å². The summed E-state index contributed by atoms with van der Waals surface area (Å²) < 4.78 is 28.2. The number of alkyl halides is 2. The van der Waals surface area contributed by atoms with Crippen LogP contribution in [0.3, 0.4) is 0 Å². The molecule has 0 aliphatic carbocycles. The number of benzene rings is 1. The van der Waals surface area contributed by atoms with E-state index in [9.17, 15) is 23.2 Å². The molecule has 1 aliphatic heterocycles. The van der Waals surface area contributed by atoms with Gasteiger partial charge in [-0.05, 0) is 12.1 Å². The van der Waals surface area contributed by atoms with Gasteiger partial charge in [0.15, 0.2) is 0 Å². The summed E-state index contributed by atoms with van der Waals surface area (Å²) in [5.74, 6) is -4.95. The Kier molecular flexibility index (Phi) is 3.97. The van der Waals surface area contributed by atoms with Crippen LogP contribution in [0.2, 0.25) is 0 Å². The van der Waals surface area contributed by atoms with Crippen LogP contribution in [-0.4, -0.2) is 35.0 Å². The molecule has 1 unspecified atom stereocenters. The molecule has 2 rings (SSSR count). The Labute approximate surface area is 120 Å². The maximum absolute atomic E-state index is 14.1. The van der Waals surface area contributed by atoms with Crippen molar-refractivity contribution < 1.29 is 23.2 Å². The minimum atomic E-state index is -3.41. The maximum Gasteiger partial charge on any atom is 0.272 e. The molecular formula is C15H13F2NO3. The monoisotopic (exact) mass is 293 g/mol. The molecule has 1 heterocycles. The molecule has 0 N–H and O–H groups in total. The van der Waals surface area contributed by atoms with Crippen LogP contribution in [0.15, 0.2) is 36.9 Å². The fraction of sp³-hybridized carbons (Fsp3) is 0.267. The predicted octanol–water partition coefficient (Wildman–Crippen LogP) is 2.45. The van der Waals surface area contributed by atoms with Crippen LogP contribution < -0.4 is 0 Å². The second-order valence-corrected chi connectivity index (χ2v) is 4.67. The van der Waals surface area contributed by atoms with Gasteiger partial charge in [0.2, 0.25) is 0 Å². The number of carbonyl (C=O) groups excluding carboxylic acids is 3. The molecule has 1 aliphatic rings. The van der Waals surface area contributed by atoms with Crippen molar-refractivity contribution in [3.8, 4) is 0 Å². The number of aldehydes is 1. The molecule has 0 aromatic heterocycles. The summed E-state index contributed by atoms with van der Waals surface area (Å²) in [6.07, 6.45) is 0.129. The number of fused-ring (bicyclic) bond motifs is 1. The summed E-state index contributed by atoms with van der Waals surface area (Å²) >= 11 is 0. The number of amides is 2. The molecule has 0 saturated heterocycles. The van der Waals surface area contributed by atoms with Gasteiger partial charge in [0.05, 0.1) is 11.1 Å². The zero-order valence-corrected chi connectivity index (χ0v) is 11.1. The fourth-order valence-electron chi connectivity index (χ4n) is 2.33. The van der Waals surface area contributed by atoms with E-state index in [-0.39, 0.29) is 17.5 Å². The Hall–Kier alpha value is -2.37. The lowest BCUT2D eigenvalue weighted by atomic mass is 10.0. The summed E-state index contributed by atoms with van der Waals surface area (Å²) in [5, 5.41) is 0. The van der Waals surface area contributed by atoms with E-state index in [1.807, 2.05) is 0 Å². The third kappa shape index (κ3) is 2.49. The van der Waals surface area contributed by atoms with Crippen molar-refractivity contribution in [2.45, 2.75) is 24.8 Å². The number of imide groups is 1. The van der Waals surface area contributed by atoms with Gasteiger partial charge in [-0.1, -0.05) is 18.2 Å². The third-order valence-electron chi connectivity index (χ3n) is 3.36. The second kappa shape index (κ2) is 5.55. The Morgan fingerprint density at radius 3 is 2.14 bits per heavy atom. The maximum atomic E-state index is 14.1. The van der Waals surface area contributed by atoms with Gasteiger partial charge in [0, 0.05) is 12.8 Å². The Morgan fingerprint density at radius 2 is 1.71 bits per heavy atom. The Morgan fingerprint density at radius 1 is 1.19 bits per heavy atom. The van der Waals surface area contributed by atoms with Gasteiger partial charge in [0.1, 0.15) is 12.3 Å². The average Bonchev–Trinajstić information content (AvgIpc) is 2.71. The largest absolute Gasteiger partial charge is 0.303 e. The topological polar surface area (TPSA) is 54.5 Å². The van der Waals surface area contributed by atoms with Crippen molar-refractivity contribution in [3.63, 3.8) is 0 Å². The van der Waals surface area contributed by atoms with Crippen LogP contribution in [0.5, 0.6) is 0 Å². The third-order valence-corrected chi connectivity index (χ3v) is 3.36. The van der Waals surface area contributed by atoms with Gasteiger partial charge in [-0.25, -0.2) is 8.78 Å². The van der Waals surface area contributed by atoms with E-state index in [2.05, 4.69) is 6.58 Å². The molecule has 0 radical (unpaired) electrons. The van der Waals surface area contributed by atoms with Gasteiger partial charge in [-0.2, -0.15) is 0 Å². The molecule has 0 spiro atoms. The van der Waals surface area contributed by atoms with E-state index in [1.54, 1.807) is 12.1 Å². The number of halogens is 2. The minimum absolute atomic E-state index is 0.0977. The zero-order chi connectivity index (χ0) is 15.6. The second-order valence-electron chi connectivity index (χ2n) is 4.67. The molecule has 1 aromatic rings. The lowest BCUT2D eigenvalue weighted by Crippen LogP contribution is -2.49. The van der Waals surface area contributed by atoms with Crippen molar-refractivity contribution in [3.05, 3.63) is 48.0 Å². The summed E-state index contributed by atoms with van der Waals surface area (Å²) in [5.41, 5.74) is 0.195. The lowest BCUT2D eigenvalue weighted by molar-refractivity contribution is -0.111. The molecule has 21 heavy (non-hydrogen) atoms. The van der Waals surface area contributed by atoms with E-state index >= 15 is 0 Å². The number of carbonyl (C=O) groups is 3. The van der Waals surface area contributed by atoms with Gasteiger partial charge >= 0.3 is 0 Å². The van der Waals surface area contributed by atoms with Crippen molar-refractivity contribution in [1.82, 2.24) is 4.90 Å². The van der Waals surface area contributed by atoms with Crippen LogP contribution in [0.1, 0.15) is 33.6 Å². The highest BCUT2D eigenvalue weighted by Gasteiger charge is 2.49. The first-order chi connectivity index (χ1) is 9.94. The van der Waals surface area contributed by atoms with Crippen molar-refractivity contribution in [2.24, 2.45) is 0 Å². The molecular weight excluding hydrogens is 280 g/mol. The first-order valence-electron chi connectivity index (χ1n) is 6.35. The zero-order valence-electron chi connectivity index (χ0n) is 11.1. The van der Waals surface area contributed by atoms with Gasteiger partial charge < -0.3 is 4.79 Å². The SMILES string of the molecule is C=CC(N1C(=O)c2ccccc2C1=O)C(F)(F)CCC=O. The Balaban J connectivity index is 2.37. The highest BCUT2D eigenvalue weighted by atomic mass is 19.3. The molecule has 6 heteroatoms. The van der Waals surface area contributed by atoms with Gasteiger partial charge in [0.25, 0.3) is 17.7 Å². The summed E-state index contributed by atoms with van der Waals surface area (Å²) in [6, 6.07) is 4.17. The van der Waals surface area contributed by atoms with Crippen molar-refractivity contribution in [1.29, 1.82) is 0 Å². The van der Waals surface area contributed by atoms with Crippen molar-refractivity contribution in [2.75, 3.05) is 0 Å². The molecule has 1 aromatic carbocycles. The summed E-state index contributed by atoms with van der Waals surface area (Å²) in [7, 11) is 0. The fourth-order valence-corrected chi connectivity index (χ4v) is 2.33. The first-order valence-corrected chi connectivity index (χ1v) is 6.35. The van der Waals surface area contributed by atoms with Crippen LogP contribution in [-0.2, 0) is 4.79 Å². The molecule has 110 valence electrons. The predicted molar refractivity (Wildman–Crippen MR) is 71.2 cm³/mol. The standard InChI is InChI=1S/C15H13F2NO3/c1-2-12(15(16,17)8-5-9-19)18-13(20)10-6-3-4-7-11(10)14(18)21/h2-4,6-7,9,12H,1,5,8H2.